The molecule has 1 aromatic heterocycles. The molecular weight excluding hydrogens is 318 g/mol. The third-order valence-electron chi connectivity index (χ3n) is 4.54. The van der Waals surface area contributed by atoms with Crippen LogP contribution in [0.3, 0.4) is 0 Å². The zero-order valence-corrected chi connectivity index (χ0v) is 14.6. The van der Waals surface area contributed by atoms with Gasteiger partial charge in [0.2, 0.25) is 0 Å². The molecule has 2 heterocycles. The predicted molar refractivity (Wildman–Crippen MR) is 94.7 cm³/mol. The molecule has 0 aliphatic carbocycles. The van der Waals surface area contributed by atoms with Gasteiger partial charge in [-0.3, -0.25) is 14.6 Å². The number of hydrogen-bond acceptors (Lipinski definition) is 4. The van der Waals surface area contributed by atoms with E-state index in [1.807, 2.05) is 19.1 Å². The first-order valence-corrected chi connectivity index (χ1v) is 8.23. The van der Waals surface area contributed by atoms with Crippen LogP contribution >= 0.6 is 0 Å². The average Bonchev–Trinajstić information content (AvgIpc) is 2.65. The number of anilines is 1. The van der Waals surface area contributed by atoms with Crippen LogP contribution < -0.4 is 9.64 Å². The Balaban J connectivity index is 1.89. The molecule has 0 saturated carbocycles. The molecular formula is C19H21N3O3. The summed E-state index contributed by atoms with van der Waals surface area (Å²) < 4.78 is 5.41. The lowest BCUT2D eigenvalue weighted by atomic mass is 10.0. The molecule has 130 valence electrons. The molecule has 0 spiro atoms. The normalized spacial score (nSPS) is 14.5. The third-order valence-corrected chi connectivity index (χ3v) is 4.54. The quantitative estimate of drug-likeness (QED) is 0.859. The van der Waals surface area contributed by atoms with Crippen LogP contribution in [0.1, 0.15) is 35.3 Å². The highest BCUT2D eigenvalue weighted by Gasteiger charge is 2.26. The van der Waals surface area contributed by atoms with Crippen LogP contribution in [0.25, 0.3) is 0 Å². The summed E-state index contributed by atoms with van der Waals surface area (Å²) in [5.41, 5.74) is 2.13. The Hall–Kier alpha value is -2.89. The van der Waals surface area contributed by atoms with Crippen molar-refractivity contribution in [3.8, 4) is 5.75 Å². The Morgan fingerprint density at radius 2 is 2.20 bits per heavy atom. The number of amides is 2. The van der Waals surface area contributed by atoms with Crippen molar-refractivity contribution < 1.29 is 14.3 Å². The van der Waals surface area contributed by atoms with Gasteiger partial charge in [0.05, 0.1) is 11.7 Å². The number of fused-ring (bicyclic) bond motifs is 1. The van der Waals surface area contributed by atoms with Gasteiger partial charge < -0.3 is 14.5 Å². The fourth-order valence-electron chi connectivity index (χ4n) is 3.06. The number of hydrogen-bond donors (Lipinski definition) is 0. The molecule has 0 radical (unpaired) electrons. The molecule has 1 aliphatic heterocycles. The van der Waals surface area contributed by atoms with E-state index in [4.69, 9.17) is 4.74 Å². The summed E-state index contributed by atoms with van der Waals surface area (Å²) in [5, 5.41) is 0. The summed E-state index contributed by atoms with van der Waals surface area (Å²) in [6, 6.07) is 8.96. The van der Waals surface area contributed by atoms with Gasteiger partial charge in [0.15, 0.2) is 6.61 Å². The fraction of sp³-hybridized carbons (Fsp3) is 0.316. The fourth-order valence-corrected chi connectivity index (χ4v) is 3.06. The number of carbonyl (C=O) groups excluding carboxylic acids is 2. The Labute approximate surface area is 147 Å². The SMILES string of the molecule is CC[C@H](c1cccnc1)N(C)C(=O)c1ccc2c(c1)N(C)C(=O)CO2. The molecule has 1 atom stereocenters. The molecule has 25 heavy (non-hydrogen) atoms. The highest BCUT2D eigenvalue weighted by atomic mass is 16.5. The summed E-state index contributed by atoms with van der Waals surface area (Å²) >= 11 is 0. The molecule has 6 nitrogen and oxygen atoms in total. The second kappa shape index (κ2) is 6.93. The number of benzene rings is 1. The lowest BCUT2D eigenvalue weighted by molar-refractivity contribution is -0.120. The summed E-state index contributed by atoms with van der Waals surface area (Å²) in [7, 11) is 3.47. The van der Waals surface area contributed by atoms with E-state index in [2.05, 4.69) is 4.98 Å². The molecule has 1 aliphatic rings. The molecule has 0 bridgehead atoms. The van der Waals surface area contributed by atoms with Gasteiger partial charge in [-0.2, -0.15) is 0 Å². The van der Waals surface area contributed by atoms with Crippen LogP contribution in [0.5, 0.6) is 5.75 Å². The maximum Gasteiger partial charge on any atom is 0.264 e. The monoisotopic (exact) mass is 339 g/mol. The zero-order chi connectivity index (χ0) is 18.0. The van der Waals surface area contributed by atoms with Gasteiger partial charge in [0.1, 0.15) is 5.75 Å². The molecule has 0 saturated heterocycles. The molecule has 0 fully saturated rings. The number of pyridine rings is 1. The van der Waals surface area contributed by atoms with E-state index in [-0.39, 0.29) is 24.5 Å². The molecule has 6 heteroatoms. The van der Waals surface area contributed by atoms with Crippen LogP contribution in [-0.4, -0.2) is 42.4 Å². The van der Waals surface area contributed by atoms with Gasteiger partial charge in [0, 0.05) is 32.1 Å². The molecule has 2 amide bonds. The van der Waals surface area contributed by atoms with Gasteiger partial charge in [0.25, 0.3) is 11.8 Å². The predicted octanol–water partition coefficient (Wildman–Crippen LogP) is 2.66. The number of carbonyl (C=O) groups is 2. The highest BCUT2D eigenvalue weighted by Crippen LogP contribution is 2.33. The van der Waals surface area contributed by atoms with Gasteiger partial charge >= 0.3 is 0 Å². The number of nitrogens with zero attached hydrogens (tertiary/aromatic N) is 3. The van der Waals surface area contributed by atoms with Crippen LogP contribution in [0.15, 0.2) is 42.7 Å². The van der Waals surface area contributed by atoms with E-state index in [1.165, 1.54) is 4.90 Å². The summed E-state index contributed by atoms with van der Waals surface area (Å²) in [6.45, 7) is 2.06. The van der Waals surface area contributed by atoms with E-state index in [1.54, 1.807) is 49.6 Å². The first-order valence-electron chi connectivity index (χ1n) is 8.23. The van der Waals surface area contributed by atoms with E-state index >= 15 is 0 Å². The number of aromatic nitrogens is 1. The topological polar surface area (TPSA) is 62.7 Å². The number of rotatable bonds is 4. The lowest BCUT2D eigenvalue weighted by Gasteiger charge is -2.29. The Morgan fingerprint density at radius 1 is 1.40 bits per heavy atom. The van der Waals surface area contributed by atoms with Crippen molar-refractivity contribution in [1.82, 2.24) is 9.88 Å². The molecule has 0 N–H and O–H groups in total. The zero-order valence-electron chi connectivity index (χ0n) is 14.6. The number of ether oxygens (including phenoxy) is 1. The van der Waals surface area contributed by atoms with Gasteiger partial charge in [-0.15, -0.1) is 0 Å². The van der Waals surface area contributed by atoms with Crippen LogP contribution in [-0.2, 0) is 4.79 Å². The maximum absolute atomic E-state index is 13.0. The average molecular weight is 339 g/mol. The highest BCUT2D eigenvalue weighted by molar-refractivity contribution is 6.01. The van der Waals surface area contributed by atoms with Crippen LogP contribution in [0.4, 0.5) is 5.69 Å². The second-order valence-electron chi connectivity index (χ2n) is 6.05. The lowest BCUT2D eigenvalue weighted by Crippen LogP contribution is -2.36. The second-order valence-corrected chi connectivity index (χ2v) is 6.05. The molecule has 0 unspecified atom stereocenters. The van der Waals surface area contributed by atoms with E-state index in [0.29, 0.717) is 17.0 Å². The standard InChI is InChI=1S/C19H21N3O3/c1-4-15(14-6-5-9-20-11-14)22(3)19(24)13-7-8-17-16(10-13)21(2)18(23)12-25-17/h5-11,15H,4,12H2,1-3H3/t15-/m1/s1. The summed E-state index contributed by atoms with van der Waals surface area (Å²) in [6.07, 6.45) is 4.28. The van der Waals surface area contributed by atoms with Crippen molar-refractivity contribution in [2.75, 3.05) is 25.6 Å². The van der Waals surface area contributed by atoms with Crippen molar-refractivity contribution in [3.63, 3.8) is 0 Å². The smallest absolute Gasteiger partial charge is 0.264 e. The van der Waals surface area contributed by atoms with Crippen LogP contribution in [0, 0.1) is 0 Å². The van der Waals surface area contributed by atoms with E-state index in [0.717, 1.165) is 12.0 Å². The molecule has 3 rings (SSSR count). The van der Waals surface area contributed by atoms with Crippen LogP contribution in [0.2, 0.25) is 0 Å². The third kappa shape index (κ3) is 3.20. The van der Waals surface area contributed by atoms with Gasteiger partial charge in [-0.05, 0) is 36.2 Å². The van der Waals surface area contributed by atoms with Crippen molar-refractivity contribution in [2.45, 2.75) is 19.4 Å². The minimum Gasteiger partial charge on any atom is -0.482 e. The number of likely N-dealkylation sites (N-methyl/N-ethyl adjacent to an activating group) is 1. The van der Waals surface area contributed by atoms with Gasteiger partial charge in [-0.1, -0.05) is 13.0 Å². The van der Waals surface area contributed by atoms with Gasteiger partial charge in [-0.25, -0.2) is 0 Å². The van der Waals surface area contributed by atoms with Crippen molar-refractivity contribution in [1.29, 1.82) is 0 Å². The minimum absolute atomic E-state index is 0.0234. The van der Waals surface area contributed by atoms with Crippen molar-refractivity contribution >= 4 is 17.5 Å². The van der Waals surface area contributed by atoms with Crippen molar-refractivity contribution in [3.05, 3.63) is 53.9 Å². The summed E-state index contributed by atoms with van der Waals surface area (Å²) in [4.78, 5) is 32.1. The summed E-state index contributed by atoms with van der Waals surface area (Å²) in [5.74, 6) is 0.373. The molecule has 1 aromatic carbocycles. The minimum atomic E-state index is -0.132. The largest absolute Gasteiger partial charge is 0.482 e. The van der Waals surface area contributed by atoms with Crippen molar-refractivity contribution in [2.24, 2.45) is 0 Å². The molecule has 2 aromatic rings. The van der Waals surface area contributed by atoms with E-state index in [9.17, 15) is 9.59 Å². The Kier molecular flexibility index (Phi) is 4.70. The Morgan fingerprint density at radius 3 is 2.88 bits per heavy atom. The first kappa shape index (κ1) is 17.0. The Bertz CT molecular complexity index is 792. The first-order chi connectivity index (χ1) is 12.0. The van der Waals surface area contributed by atoms with E-state index < -0.39 is 0 Å². The maximum atomic E-state index is 13.0.